The van der Waals surface area contributed by atoms with Gasteiger partial charge in [0.25, 0.3) is 5.56 Å². The zero-order chi connectivity index (χ0) is 30.6. The highest BCUT2D eigenvalue weighted by Crippen LogP contribution is 2.35. The van der Waals surface area contributed by atoms with E-state index < -0.39 is 12.0 Å². The Labute approximate surface area is 267 Å². The van der Waals surface area contributed by atoms with Crippen molar-refractivity contribution in [3.8, 4) is 5.75 Å². The van der Waals surface area contributed by atoms with Crippen LogP contribution in [0.3, 0.4) is 0 Å². The Kier molecular flexibility index (Phi) is 8.79. The van der Waals surface area contributed by atoms with Gasteiger partial charge in [-0.25, -0.2) is 9.79 Å². The van der Waals surface area contributed by atoms with Crippen molar-refractivity contribution in [2.45, 2.75) is 19.6 Å². The number of fused-ring (bicyclic) bond motifs is 1. The van der Waals surface area contributed by atoms with Crippen molar-refractivity contribution in [1.29, 1.82) is 0 Å². The molecule has 6 nitrogen and oxygen atoms in total. The molecule has 0 saturated heterocycles. The summed E-state index contributed by atoms with van der Waals surface area (Å²) in [5.41, 5.74) is 3.55. The van der Waals surface area contributed by atoms with E-state index in [1.807, 2.05) is 91.0 Å². The first-order valence-corrected chi connectivity index (χ1v) is 15.5. The quantitative estimate of drug-likeness (QED) is 0.175. The molecule has 0 aliphatic carbocycles. The lowest BCUT2D eigenvalue weighted by Crippen LogP contribution is -2.40. The number of rotatable bonds is 8. The van der Waals surface area contributed by atoms with Crippen LogP contribution in [0.2, 0.25) is 10.0 Å². The Morgan fingerprint density at radius 2 is 1.66 bits per heavy atom. The van der Waals surface area contributed by atoms with Crippen molar-refractivity contribution in [2.75, 3.05) is 6.61 Å². The summed E-state index contributed by atoms with van der Waals surface area (Å²) in [4.78, 5) is 33.1. The molecule has 0 spiro atoms. The molecule has 0 bridgehead atoms. The summed E-state index contributed by atoms with van der Waals surface area (Å²) in [6.45, 7) is 2.17. The van der Waals surface area contributed by atoms with Crippen molar-refractivity contribution in [2.24, 2.45) is 4.99 Å². The van der Waals surface area contributed by atoms with Crippen molar-refractivity contribution < 1.29 is 14.3 Å². The van der Waals surface area contributed by atoms with Crippen LogP contribution in [-0.4, -0.2) is 17.1 Å². The van der Waals surface area contributed by atoms with Gasteiger partial charge >= 0.3 is 5.97 Å². The number of ether oxygens (including phenoxy) is 2. The Morgan fingerprint density at radius 1 is 0.955 bits per heavy atom. The zero-order valence-corrected chi connectivity index (χ0v) is 25.9. The number of carbonyl (C=O) groups excluding carboxylic acids is 1. The molecule has 1 aromatic heterocycles. The molecule has 220 valence electrons. The molecule has 6 rings (SSSR count). The largest absolute Gasteiger partial charge is 0.488 e. The molecule has 44 heavy (non-hydrogen) atoms. The number of halogens is 2. The predicted octanol–water partition coefficient (Wildman–Crippen LogP) is 6.82. The van der Waals surface area contributed by atoms with Crippen molar-refractivity contribution in [3.63, 3.8) is 0 Å². The van der Waals surface area contributed by atoms with Gasteiger partial charge in [0.2, 0.25) is 0 Å². The average molecular weight is 642 g/mol. The van der Waals surface area contributed by atoms with Crippen LogP contribution in [0, 0.1) is 0 Å². The third kappa shape index (κ3) is 5.99. The second-order valence-corrected chi connectivity index (χ2v) is 11.8. The normalized spacial score (nSPS) is 14.6. The molecule has 0 radical (unpaired) electrons. The molecule has 1 atom stereocenters. The van der Waals surface area contributed by atoms with Gasteiger partial charge in [0, 0.05) is 26.7 Å². The zero-order valence-electron chi connectivity index (χ0n) is 23.6. The monoisotopic (exact) mass is 640 g/mol. The van der Waals surface area contributed by atoms with Gasteiger partial charge < -0.3 is 9.47 Å². The van der Waals surface area contributed by atoms with E-state index in [1.165, 1.54) is 11.3 Å². The number of nitrogens with zero attached hydrogens (tertiary/aromatic N) is 2. The molecule has 2 heterocycles. The van der Waals surface area contributed by atoms with Gasteiger partial charge in [-0.2, -0.15) is 0 Å². The fraction of sp³-hybridized carbons (Fsp3) is 0.114. The van der Waals surface area contributed by atoms with Gasteiger partial charge in [-0.15, -0.1) is 0 Å². The maximum absolute atomic E-state index is 14.2. The van der Waals surface area contributed by atoms with E-state index in [2.05, 4.69) is 0 Å². The molecule has 0 N–H and O–H groups in total. The molecule has 4 aromatic carbocycles. The summed E-state index contributed by atoms with van der Waals surface area (Å²) in [6, 6.07) is 30.9. The van der Waals surface area contributed by atoms with E-state index in [9.17, 15) is 9.59 Å². The summed E-state index contributed by atoms with van der Waals surface area (Å²) in [5.74, 6) is 0.0685. The standard InChI is InChI=1S/C35H26Cl2N2O4S/c1-2-42-34(41)30-31(22-11-5-3-6-12-22)38-35-39(32(30)23-13-7-4-8-14-23)33(40)29(44-35)19-24-15-9-10-16-28(24)43-21-25-17-18-26(36)20-27(25)37/h3-20,32H,2,21H2,1H3/b29-19+/t32-/m0/s1. The van der Waals surface area contributed by atoms with E-state index in [1.54, 1.807) is 29.7 Å². The van der Waals surface area contributed by atoms with Gasteiger partial charge in [-0.3, -0.25) is 9.36 Å². The van der Waals surface area contributed by atoms with E-state index in [0.717, 1.165) is 16.7 Å². The fourth-order valence-electron chi connectivity index (χ4n) is 5.06. The lowest BCUT2D eigenvalue weighted by Gasteiger charge is -2.25. The highest BCUT2D eigenvalue weighted by Gasteiger charge is 2.35. The molecular weight excluding hydrogens is 615 g/mol. The number of benzene rings is 4. The third-order valence-corrected chi connectivity index (χ3v) is 8.66. The molecule has 1 aliphatic heterocycles. The summed E-state index contributed by atoms with van der Waals surface area (Å²) in [7, 11) is 0. The molecule has 5 aromatic rings. The molecule has 1 aliphatic rings. The summed E-state index contributed by atoms with van der Waals surface area (Å²) >= 11 is 13.7. The van der Waals surface area contributed by atoms with Crippen LogP contribution in [0.15, 0.2) is 118 Å². The number of carbonyl (C=O) groups is 1. The Bertz CT molecular complexity index is 2050. The minimum absolute atomic E-state index is 0.189. The minimum atomic E-state index is -0.734. The molecule has 0 fully saturated rings. The van der Waals surface area contributed by atoms with E-state index in [0.29, 0.717) is 42.0 Å². The number of hydrogen-bond acceptors (Lipinski definition) is 6. The SMILES string of the molecule is CCOC(=O)C1=C(c2ccccc2)N=c2s/c(=C/c3ccccc3OCc3ccc(Cl)cc3Cl)c(=O)n2[C@H]1c1ccccc1. The van der Waals surface area contributed by atoms with Gasteiger partial charge in [0.05, 0.1) is 28.5 Å². The molecule has 0 saturated carbocycles. The van der Waals surface area contributed by atoms with Crippen LogP contribution in [0.5, 0.6) is 5.75 Å². The van der Waals surface area contributed by atoms with Crippen molar-refractivity contribution >= 4 is 52.3 Å². The van der Waals surface area contributed by atoms with Crippen LogP contribution in [-0.2, 0) is 16.1 Å². The number of aromatic nitrogens is 1. The Hall–Kier alpha value is -4.43. The van der Waals surface area contributed by atoms with Crippen LogP contribution in [0.1, 0.15) is 35.2 Å². The summed E-state index contributed by atoms with van der Waals surface area (Å²) in [6.07, 6.45) is 1.79. The van der Waals surface area contributed by atoms with Crippen LogP contribution < -0.4 is 19.6 Å². The predicted molar refractivity (Wildman–Crippen MR) is 175 cm³/mol. The highest BCUT2D eigenvalue weighted by atomic mass is 35.5. The first-order valence-electron chi connectivity index (χ1n) is 13.9. The van der Waals surface area contributed by atoms with E-state index in [4.69, 9.17) is 37.7 Å². The second-order valence-electron chi connectivity index (χ2n) is 9.90. The lowest BCUT2D eigenvalue weighted by molar-refractivity contribution is -0.138. The van der Waals surface area contributed by atoms with Crippen LogP contribution in [0.25, 0.3) is 11.8 Å². The van der Waals surface area contributed by atoms with E-state index in [-0.39, 0.29) is 18.8 Å². The lowest BCUT2D eigenvalue weighted by atomic mass is 9.93. The number of thiazole rings is 1. The Balaban J connectivity index is 1.50. The van der Waals surface area contributed by atoms with Crippen molar-refractivity contribution in [3.05, 3.63) is 161 Å². The molecule has 0 amide bonds. The fourth-order valence-corrected chi connectivity index (χ4v) is 6.51. The van der Waals surface area contributed by atoms with Gasteiger partial charge in [-0.1, -0.05) is 119 Å². The summed E-state index contributed by atoms with van der Waals surface area (Å²) < 4.78 is 13.7. The first-order chi connectivity index (χ1) is 21.4. The van der Waals surface area contributed by atoms with E-state index >= 15 is 0 Å². The number of hydrogen-bond donors (Lipinski definition) is 0. The van der Waals surface area contributed by atoms with Crippen LogP contribution >= 0.6 is 34.5 Å². The number of para-hydroxylation sites is 1. The summed E-state index contributed by atoms with van der Waals surface area (Å²) in [5, 5.41) is 1.06. The maximum atomic E-state index is 14.2. The van der Waals surface area contributed by atoms with Gasteiger partial charge in [0.15, 0.2) is 4.80 Å². The minimum Gasteiger partial charge on any atom is -0.488 e. The second kappa shape index (κ2) is 13.1. The molecule has 0 unspecified atom stereocenters. The maximum Gasteiger partial charge on any atom is 0.338 e. The third-order valence-electron chi connectivity index (χ3n) is 7.09. The smallest absolute Gasteiger partial charge is 0.338 e. The highest BCUT2D eigenvalue weighted by molar-refractivity contribution is 7.07. The van der Waals surface area contributed by atoms with Gasteiger partial charge in [-0.05, 0) is 36.8 Å². The average Bonchev–Trinajstić information content (AvgIpc) is 3.35. The number of esters is 1. The van der Waals surface area contributed by atoms with Crippen molar-refractivity contribution in [1.82, 2.24) is 4.57 Å². The van der Waals surface area contributed by atoms with Crippen LogP contribution in [0.4, 0.5) is 0 Å². The Morgan fingerprint density at radius 3 is 2.39 bits per heavy atom. The van der Waals surface area contributed by atoms with Gasteiger partial charge in [0.1, 0.15) is 12.4 Å². The molecule has 9 heteroatoms. The molecular formula is C35H26Cl2N2O4S. The topological polar surface area (TPSA) is 69.9 Å². The first kappa shape index (κ1) is 29.6.